The van der Waals surface area contributed by atoms with Crippen molar-refractivity contribution in [1.29, 1.82) is 0 Å². The van der Waals surface area contributed by atoms with E-state index in [0.717, 1.165) is 6.42 Å². The maximum Gasteiger partial charge on any atom is 0.323 e. The van der Waals surface area contributed by atoms with Crippen molar-refractivity contribution in [3.63, 3.8) is 0 Å². The number of hydrogen-bond acceptors (Lipinski definition) is 3. The van der Waals surface area contributed by atoms with Crippen LogP contribution in [-0.4, -0.2) is 37.6 Å². The smallest absolute Gasteiger partial charge is 0.323 e. The second-order valence-corrected chi connectivity index (χ2v) is 2.64. The zero-order valence-corrected chi connectivity index (χ0v) is 7.76. The molecule has 0 amide bonds. The molecule has 11 heavy (non-hydrogen) atoms. The number of likely N-dealkylation sites (N-methyl/N-ethyl adjacent to an activating group) is 1. The Kier molecular flexibility index (Phi) is 4.86. The first-order chi connectivity index (χ1) is 5.13. The molecule has 0 aromatic carbocycles. The molecule has 0 spiro atoms. The van der Waals surface area contributed by atoms with Gasteiger partial charge in [0.25, 0.3) is 0 Å². The molecule has 3 nitrogen and oxygen atoms in total. The summed E-state index contributed by atoms with van der Waals surface area (Å²) in [7, 11) is 3.76. The quantitative estimate of drug-likeness (QED) is 0.570. The Bertz CT molecular complexity index is 123. The Morgan fingerprint density at radius 3 is 2.27 bits per heavy atom. The molecule has 0 bridgehead atoms. The number of nitrogens with zero attached hydrogens (tertiary/aromatic N) is 1. The van der Waals surface area contributed by atoms with Crippen LogP contribution in [0.1, 0.15) is 20.3 Å². The van der Waals surface area contributed by atoms with Crippen molar-refractivity contribution in [3.05, 3.63) is 0 Å². The van der Waals surface area contributed by atoms with Crippen molar-refractivity contribution in [2.24, 2.45) is 0 Å². The normalized spacial score (nSPS) is 13.2. The average molecular weight is 159 g/mol. The third-order valence-corrected chi connectivity index (χ3v) is 1.57. The lowest BCUT2D eigenvalue weighted by molar-refractivity contribution is -0.148. The summed E-state index contributed by atoms with van der Waals surface area (Å²) in [5.74, 6) is -0.125. The first-order valence-corrected chi connectivity index (χ1v) is 3.96. The second-order valence-electron chi connectivity index (χ2n) is 2.64. The third-order valence-electron chi connectivity index (χ3n) is 1.57. The fraction of sp³-hybridized carbons (Fsp3) is 0.875. The van der Waals surface area contributed by atoms with Gasteiger partial charge in [-0.1, -0.05) is 6.92 Å². The lowest BCUT2D eigenvalue weighted by Gasteiger charge is -2.20. The van der Waals surface area contributed by atoms with E-state index in [0.29, 0.717) is 6.61 Å². The van der Waals surface area contributed by atoms with Gasteiger partial charge in [0.05, 0.1) is 6.61 Å². The molecule has 0 heterocycles. The molecule has 0 aliphatic carbocycles. The topological polar surface area (TPSA) is 29.5 Å². The largest absolute Gasteiger partial charge is 0.465 e. The highest BCUT2D eigenvalue weighted by Crippen LogP contribution is 2.00. The molecule has 0 aliphatic heterocycles. The van der Waals surface area contributed by atoms with Crippen molar-refractivity contribution in [2.75, 3.05) is 20.7 Å². The molecular formula is C8H17NO2. The first kappa shape index (κ1) is 10.4. The molecule has 0 rings (SSSR count). The fourth-order valence-electron chi connectivity index (χ4n) is 0.981. The van der Waals surface area contributed by atoms with E-state index in [-0.39, 0.29) is 12.0 Å². The minimum atomic E-state index is -0.125. The number of carbonyl (C=O) groups is 1. The zero-order valence-electron chi connectivity index (χ0n) is 7.76. The first-order valence-electron chi connectivity index (χ1n) is 3.96. The molecule has 66 valence electrons. The van der Waals surface area contributed by atoms with E-state index in [1.807, 2.05) is 32.8 Å². The minimum Gasteiger partial charge on any atom is -0.465 e. The monoisotopic (exact) mass is 159 g/mol. The number of esters is 1. The van der Waals surface area contributed by atoms with Gasteiger partial charge >= 0.3 is 5.97 Å². The van der Waals surface area contributed by atoms with Crippen LogP contribution in [0.5, 0.6) is 0 Å². The van der Waals surface area contributed by atoms with Crippen molar-refractivity contribution < 1.29 is 9.53 Å². The van der Waals surface area contributed by atoms with Crippen LogP contribution in [0.15, 0.2) is 0 Å². The summed E-state index contributed by atoms with van der Waals surface area (Å²) >= 11 is 0. The van der Waals surface area contributed by atoms with Gasteiger partial charge in [0, 0.05) is 0 Å². The van der Waals surface area contributed by atoms with Crippen LogP contribution >= 0.6 is 0 Å². The Labute approximate surface area is 68.3 Å². The van der Waals surface area contributed by atoms with Crippen molar-refractivity contribution in [1.82, 2.24) is 4.90 Å². The maximum atomic E-state index is 11.2. The van der Waals surface area contributed by atoms with Crippen LogP contribution in [0.3, 0.4) is 0 Å². The molecule has 3 heteroatoms. The summed E-state index contributed by atoms with van der Waals surface area (Å²) in [5, 5.41) is 0. The molecule has 0 aromatic heterocycles. The van der Waals surface area contributed by atoms with E-state index in [1.54, 1.807) is 0 Å². The van der Waals surface area contributed by atoms with Gasteiger partial charge < -0.3 is 4.74 Å². The Balaban J connectivity index is 3.92. The molecule has 1 atom stereocenters. The average Bonchev–Trinajstić information content (AvgIpc) is 1.88. The minimum absolute atomic E-state index is 0.0880. The van der Waals surface area contributed by atoms with Crippen LogP contribution in [0, 0.1) is 0 Å². The van der Waals surface area contributed by atoms with Gasteiger partial charge in [-0.3, -0.25) is 9.69 Å². The van der Waals surface area contributed by atoms with Gasteiger partial charge in [0.2, 0.25) is 0 Å². The van der Waals surface area contributed by atoms with Gasteiger partial charge in [0.15, 0.2) is 0 Å². The second kappa shape index (κ2) is 5.13. The van der Waals surface area contributed by atoms with Crippen molar-refractivity contribution >= 4 is 5.97 Å². The molecule has 1 unspecified atom stereocenters. The van der Waals surface area contributed by atoms with E-state index >= 15 is 0 Å². The summed E-state index contributed by atoms with van der Waals surface area (Å²) in [4.78, 5) is 13.0. The van der Waals surface area contributed by atoms with E-state index in [9.17, 15) is 4.79 Å². The molecule has 0 radical (unpaired) electrons. The number of carbonyl (C=O) groups excluding carboxylic acids is 1. The molecule has 0 saturated carbocycles. The summed E-state index contributed by atoms with van der Waals surface area (Å²) in [6.45, 7) is 4.26. The van der Waals surface area contributed by atoms with E-state index in [4.69, 9.17) is 4.74 Å². The highest BCUT2D eigenvalue weighted by molar-refractivity contribution is 5.75. The Morgan fingerprint density at radius 1 is 1.45 bits per heavy atom. The number of ether oxygens (including phenoxy) is 1. The molecular weight excluding hydrogens is 142 g/mol. The summed E-state index contributed by atoms with van der Waals surface area (Å²) < 4.78 is 4.88. The van der Waals surface area contributed by atoms with E-state index in [2.05, 4.69) is 0 Å². The molecule has 0 N–H and O–H groups in total. The zero-order chi connectivity index (χ0) is 8.85. The third kappa shape index (κ3) is 3.37. The lowest BCUT2D eigenvalue weighted by atomic mass is 10.2. The Hall–Kier alpha value is -0.570. The van der Waals surface area contributed by atoms with Gasteiger partial charge in [-0.05, 0) is 27.4 Å². The van der Waals surface area contributed by atoms with E-state index < -0.39 is 0 Å². The van der Waals surface area contributed by atoms with Crippen LogP contribution in [0.25, 0.3) is 0 Å². The standard InChI is InChI=1S/C8H17NO2/c1-5-7(9(3)4)8(10)11-6-2/h7H,5-6H2,1-4H3. The summed E-state index contributed by atoms with van der Waals surface area (Å²) in [6.07, 6.45) is 0.797. The summed E-state index contributed by atoms with van der Waals surface area (Å²) in [5.41, 5.74) is 0. The highest BCUT2D eigenvalue weighted by Gasteiger charge is 2.18. The predicted octanol–water partition coefficient (Wildman–Crippen LogP) is 0.890. The van der Waals surface area contributed by atoms with Crippen molar-refractivity contribution in [2.45, 2.75) is 26.3 Å². The summed E-state index contributed by atoms with van der Waals surface area (Å²) in [6, 6.07) is -0.0880. The maximum absolute atomic E-state index is 11.2. The van der Waals surface area contributed by atoms with Crippen LogP contribution in [0.2, 0.25) is 0 Å². The van der Waals surface area contributed by atoms with Crippen LogP contribution in [0.4, 0.5) is 0 Å². The highest BCUT2D eigenvalue weighted by atomic mass is 16.5. The number of rotatable bonds is 4. The number of hydrogen-bond donors (Lipinski definition) is 0. The SMILES string of the molecule is CCOC(=O)C(CC)N(C)C. The van der Waals surface area contributed by atoms with Crippen LogP contribution in [-0.2, 0) is 9.53 Å². The van der Waals surface area contributed by atoms with Gasteiger partial charge in [-0.15, -0.1) is 0 Å². The predicted molar refractivity (Wildman–Crippen MR) is 44.4 cm³/mol. The fourth-order valence-corrected chi connectivity index (χ4v) is 0.981. The van der Waals surface area contributed by atoms with Crippen molar-refractivity contribution in [3.8, 4) is 0 Å². The van der Waals surface area contributed by atoms with Gasteiger partial charge in [-0.2, -0.15) is 0 Å². The molecule has 0 aromatic rings. The molecule has 0 saturated heterocycles. The lowest BCUT2D eigenvalue weighted by Crippen LogP contribution is -2.36. The van der Waals surface area contributed by atoms with Crippen LogP contribution < -0.4 is 0 Å². The molecule has 0 aliphatic rings. The Morgan fingerprint density at radius 2 is 2.00 bits per heavy atom. The van der Waals surface area contributed by atoms with E-state index in [1.165, 1.54) is 0 Å². The van der Waals surface area contributed by atoms with Gasteiger partial charge in [-0.25, -0.2) is 0 Å². The van der Waals surface area contributed by atoms with Gasteiger partial charge in [0.1, 0.15) is 6.04 Å². The molecule has 0 fully saturated rings.